The highest BCUT2D eigenvalue weighted by Crippen LogP contribution is 2.49. The van der Waals surface area contributed by atoms with Crippen molar-refractivity contribution in [2.45, 2.75) is 77.3 Å². The third-order valence-electron chi connectivity index (χ3n) is 7.24. The van der Waals surface area contributed by atoms with Gasteiger partial charge >= 0.3 is 0 Å². The van der Waals surface area contributed by atoms with Gasteiger partial charge in [0, 0.05) is 12.1 Å². The molecule has 0 fully saturated rings. The minimum absolute atomic E-state index is 0.0202. The lowest BCUT2D eigenvalue weighted by Crippen LogP contribution is -2.48. The second-order valence-corrected chi connectivity index (χ2v) is 9.51. The highest BCUT2D eigenvalue weighted by atomic mass is 16.5. The molecular formula is C29H38N2O4. The van der Waals surface area contributed by atoms with Gasteiger partial charge in [-0.05, 0) is 24.6 Å². The number of carbonyl (C=O) groups excluding carboxylic acids is 2. The number of rotatable bonds is 13. The van der Waals surface area contributed by atoms with Crippen LogP contribution in [0.25, 0.3) is 0 Å². The monoisotopic (exact) mass is 478 g/mol. The fourth-order valence-corrected chi connectivity index (χ4v) is 5.42. The van der Waals surface area contributed by atoms with Gasteiger partial charge in [0.2, 0.25) is 0 Å². The maximum Gasteiger partial charge on any atom is 0.264 e. The van der Waals surface area contributed by atoms with Crippen molar-refractivity contribution in [2.24, 2.45) is 0 Å². The van der Waals surface area contributed by atoms with Gasteiger partial charge in [-0.25, -0.2) is 0 Å². The number of hydrogen-bond acceptors (Lipinski definition) is 4. The van der Waals surface area contributed by atoms with Gasteiger partial charge in [-0.3, -0.25) is 14.5 Å². The van der Waals surface area contributed by atoms with Crippen molar-refractivity contribution in [2.75, 3.05) is 25.7 Å². The van der Waals surface area contributed by atoms with Gasteiger partial charge < -0.3 is 14.4 Å². The summed E-state index contributed by atoms with van der Waals surface area (Å²) < 4.78 is 11.0. The van der Waals surface area contributed by atoms with Crippen molar-refractivity contribution in [1.29, 1.82) is 0 Å². The Labute approximate surface area is 209 Å². The first kappa shape index (κ1) is 25.1. The number of amides is 2. The number of carbonyl (C=O) groups is 2. The maximum atomic E-state index is 13.7. The molecule has 0 bridgehead atoms. The lowest BCUT2D eigenvalue weighted by Gasteiger charge is -2.41. The average molecular weight is 479 g/mol. The third-order valence-corrected chi connectivity index (χ3v) is 7.24. The van der Waals surface area contributed by atoms with Crippen molar-refractivity contribution >= 4 is 17.5 Å². The van der Waals surface area contributed by atoms with Crippen LogP contribution in [0.4, 0.5) is 5.69 Å². The molecule has 4 rings (SSSR count). The van der Waals surface area contributed by atoms with Crippen LogP contribution in [0.3, 0.4) is 0 Å². The molecule has 0 saturated carbocycles. The molecule has 2 amide bonds. The summed E-state index contributed by atoms with van der Waals surface area (Å²) in [6, 6.07) is 11.1. The highest BCUT2D eigenvalue weighted by molar-refractivity contribution is 6.18. The number of hydrogen-bond donors (Lipinski definition) is 0. The van der Waals surface area contributed by atoms with E-state index in [9.17, 15) is 9.59 Å². The number of benzene rings is 2. The first-order valence-corrected chi connectivity index (χ1v) is 13.1. The van der Waals surface area contributed by atoms with Crippen LogP contribution in [-0.2, 0) is 0 Å². The second-order valence-electron chi connectivity index (χ2n) is 9.51. The van der Waals surface area contributed by atoms with E-state index in [1.54, 1.807) is 19.1 Å². The molecule has 6 nitrogen and oxygen atoms in total. The Balaban J connectivity index is 1.49. The molecule has 35 heavy (non-hydrogen) atoms. The largest absolute Gasteiger partial charge is 0.493 e. The Morgan fingerprint density at radius 1 is 0.771 bits per heavy atom. The van der Waals surface area contributed by atoms with Crippen LogP contribution < -0.4 is 14.4 Å². The van der Waals surface area contributed by atoms with E-state index in [0.717, 1.165) is 18.4 Å². The summed E-state index contributed by atoms with van der Waals surface area (Å²) in [6.45, 7) is 2.87. The van der Waals surface area contributed by atoms with E-state index < -0.39 is 6.17 Å². The van der Waals surface area contributed by atoms with Gasteiger partial charge in [0.25, 0.3) is 11.8 Å². The van der Waals surface area contributed by atoms with Gasteiger partial charge in [-0.2, -0.15) is 0 Å². The molecule has 6 heteroatoms. The van der Waals surface area contributed by atoms with E-state index in [0.29, 0.717) is 34.9 Å². The highest BCUT2D eigenvalue weighted by Gasteiger charge is 2.49. The molecule has 1 unspecified atom stereocenters. The number of anilines is 1. The fraction of sp³-hybridized carbons (Fsp3) is 0.517. The zero-order valence-corrected chi connectivity index (χ0v) is 21.3. The Kier molecular flexibility index (Phi) is 8.32. The zero-order valence-electron chi connectivity index (χ0n) is 21.3. The third kappa shape index (κ3) is 4.89. The standard InChI is InChI=1S/C29H38N2O4/c1-4-5-6-7-8-9-10-11-12-15-20-30-27-22-18-19-24(34-2)26(35-3)25(22)29(33)31(27)23-17-14-13-16-21(23)28(30)32/h13-14,16-19,27H,4-12,15,20H2,1-3H3. The number of ether oxygens (including phenoxy) is 2. The normalized spacial score (nSPS) is 16.3. The molecule has 0 N–H and O–H groups in total. The van der Waals surface area contributed by atoms with Crippen molar-refractivity contribution in [3.63, 3.8) is 0 Å². The van der Waals surface area contributed by atoms with Gasteiger partial charge in [0.1, 0.15) is 6.17 Å². The van der Waals surface area contributed by atoms with Crippen LogP contribution >= 0.6 is 0 Å². The minimum Gasteiger partial charge on any atom is -0.493 e. The molecule has 0 aromatic heterocycles. The Morgan fingerprint density at radius 2 is 1.43 bits per heavy atom. The Morgan fingerprint density at radius 3 is 2.09 bits per heavy atom. The van der Waals surface area contributed by atoms with Crippen LogP contribution in [0.5, 0.6) is 11.5 Å². The van der Waals surface area contributed by atoms with Crippen LogP contribution in [0.1, 0.15) is 104 Å². The van der Waals surface area contributed by atoms with Crippen LogP contribution in [0.2, 0.25) is 0 Å². The summed E-state index contributed by atoms with van der Waals surface area (Å²) in [7, 11) is 3.11. The molecule has 2 aliphatic heterocycles. The Bertz CT molecular complexity index is 1050. The molecule has 188 valence electrons. The number of para-hydroxylation sites is 1. The van der Waals surface area contributed by atoms with E-state index in [1.165, 1.54) is 51.4 Å². The number of methoxy groups -OCH3 is 2. The predicted octanol–water partition coefficient (Wildman–Crippen LogP) is 6.74. The van der Waals surface area contributed by atoms with E-state index in [2.05, 4.69) is 6.92 Å². The summed E-state index contributed by atoms with van der Waals surface area (Å²) >= 11 is 0. The van der Waals surface area contributed by atoms with Crippen molar-refractivity contribution in [3.8, 4) is 11.5 Å². The number of nitrogens with zero attached hydrogens (tertiary/aromatic N) is 2. The molecule has 0 radical (unpaired) electrons. The number of unbranched alkanes of at least 4 members (excludes halogenated alkanes) is 9. The first-order chi connectivity index (χ1) is 17.1. The molecule has 0 saturated heterocycles. The van der Waals surface area contributed by atoms with E-state index in [1.807, 2.05) is 41.3 Å². The van der Waals surface area contributed by atoms with E-state index >= 15 is 0 Å². The second kappa shape index (κ2) is 11.6. The SMILES string of the molecule is CCCCCCCCCCCCN1C(=O)c2ccccc2N2C(=O)c3c(ccc(OC)c3OC)C12. The van der Waals surface area contributed by atoms with Gasteiger partial charge in [-0.1, -0.05) is 82.9 Å². The summed E-state index contributed by atoms with van der Waals surface area (Å²) in [5.74, 6) is 0.760. The lowest BCUT2D eigenvalue weighted by molar-refractivity contribution is 0.0643. The Hall–Kier alpha value is -3.02. The van der Waals surface area contributed by atoms with Crippen molar-refractivity contribution in [3.05, 3.63) is 53.1 Å². The smallest absolute Gasteiger partial charge is 0.264 e. The van der Waals surface area contributed by atoms with Crippen LogP contribution in [0, 0.1) is 0 Å². The molecule has 2 aliphatic rings. The van der Waals surface area contributed by atoms with Crippen molar-refractivity contribution < 1.29 is 19.1 Å². The fourth-order valence-electron chi connectivity index (χ4n) is 5.42. The van der Waals surface area contributed by atoms with Crippen molar-refractivity contribution in [1.82, 2.24) is 4.90 Å². The summed E-state index contributed by atoms with van der Waals surface area (Å²) in [5.41, 5.74) is 2.50. The first-order valence-electron chi connectivity index (χ1n) is 13.1. The van der Waals surface area contributed by atoms with Gasteiger partial charge in [0.05, 0.1) is 31.0 Å². The average Bonchev–Trinajstić information content (AvgIpc) is 3.18. The van der Waals surface area contributed by atoms with Crippen LogP contribution in [0.15, 0.2) is 36.4 Å². The summed E-state index contributed by atoms with van der Waals surface area (Å²) in [5, 5.41) is 0. The molecule has 0 aliphatic carbocycles. The summed E-state index contributed by atoms with van der Waals surface area (Å²) in [6.07, 6.45) is 11.9. The van der Waals surface area contributed by atoms with Gasteiger partial charge in [-0.15, -0.1) is 0 Å². The van der Waals surface area contributed by atoms with Gasteiger partial charge in [0.15, 0.2) is 11.5 Å². The minimum atomic E-state index is -0.460. The molecule has 0 spiro atoms. The lowest BCUT2D eigenvalue weighted by atomic mass is 10.0. The van der Waals surface area contributed by atoms with E-state index in [4.69, 9.17) is 9.47 Å². The molecule has 2 aromatic carbocycles. The molecule has 2 aromatic rings. The molecule has 2 heterocycles. The summed E-state index contributed by atoms with van der Waals surface area (Å²) in [4.78, 5) is 30.9. The molecular weight excluding hydrogens is 440 g/mol. The predicted molar refractivity (Wildman–Crippen MR) is 138 cm³/mol. The zero-order chi connectivity index (χ0) is 24.8. The topological polar surface area (TPSA) is 59.1 Å². The quantitative estimate of drug-likeness (QED) is 0.299. The maximum absolute atomic E-state index is 13.7. The molecule has 1 atom stereocenters. The number of fused-ring (bicyclic) bond motifs is 5. The van der Waals surface area contributed by atoms with E-state index in [-0.39, 0.29) is 11.8 Å². The van der Waals surface area contributed by atoms with Crippen LogP contribution in [-0.4, -0.2) is 37.5 Å².